The summed E-state index contributed by atoms with van der Waals surface area (Å²) >= 11 is 0. The molecule has 54 heavy (non-hydrogen) atoms. The molecule has 0 aliphatic carbocycles. The zero-order valence-electron chi connectivity index (χ0n) is 29.6. The quantitative estimate of drug-likeness (QED) is 0.166. The minimum absolute atomic E-state index is 0.885. The molecule has 1 aromatic heterocycles. The summed E-state index contributed by atoms with van der Waals surface area (Å²) in [5, 5.41) is 4.52. The van der Waals surface area contributed by atoms with Crippen molar-refractivity contribution in [3.05, 3.63) is 212 Å². The number of rotatable bonds is 7. The number of benzene rings is 9. The lowest BCUT2D eigenvalue weighted by Gasteiger charge is -2.32. The largest absolute Gasteiger partial charge is 0.455 e. The Morgan fingerprint density at radius 1 is 0.278 bits per heavy atom. The Balaban J connectivity index is 1.27. The van der Waals surface area contributed by atoms with E-state index in [1.807, 2.05) is 0 Å². The van der Waals surface area contributed by atoms with Gasteiger partial charge in [0.2, 0.25) is 0 Å². The van der Waals surface area contributed by atoms with Crippen molar-refractivity contribution in [1.29, 1.82) is 0 Å². The van der Waals surface area contributed by atoms with Crippen LogP contribution in [0.5, 0.6) is 0 Å². The highest BCUT2D eigenvalue weighted by molar-refractivity contribution is 6.17. The van der Waals surface area contributed by atoms with Crippen molar-refractivity contribution in [2.24, 2.45) is 0 Å². The topological polar surface area (TPSA) is 16.4 Å². The molecule has 0 aliphatic rings. The van der Waals surface area contributed by atoms with Crippen LogP contribution >= 0.6 is 0 Å². The predicted molar refractivity (Wildman–Crippen MR) is 228 cm³/mol. The second-order valence-electron chi connectivity index (χ2n) is 13.6. The van der Waals surface area contributed by atoms with Gasteiger partial charge in [-0.2, -0.15) is 0 Å². The fraction of sp³-hybridized carbons (Fsp3) is 0. The van der Waals surface area contributed by atoms with Crippen molar-refractivity contribution in [3.63, 3.8) is 0 Å². The molecule has 0 atom stereocenters. The lowest BCUT2D eigenvalue weighted by molar-refractivity contribution is 0.674. The van der Waals surface area contributed by atoms with Crippen LogP contribution in [0.25, 0.3) is 77.2 Å². The van der Waals surface area contributed by atoms with E-state index < -0.39 is 0 Å². The number of para-hydroxylation sites is 3. The monoisotopic (exact) mass is 689 g/mol. The summed E-state index contributed by atoms with van der Waals surface area (Å²) in [6, 6.07) is 75.8. The molecule has 0 N–H and O–H groups in total. The molecule has 0 saturated heterocycles. The van der Waals surface area contributed by atoms with Crippen LogP contribution in [-0.2, 0) is 0 Å². The highest BCUT2D eigenvalue weighted by atomic mass is 16.3. The summed E-state index contributed by atoms with van der Waals surface area (Å²) in [6.45, 7) is 0. The van der Waals surface area contributed by atoms with Gasteiger partial charge < -0.3 is 9.32 Å². The van der Waals surface area contributed by atoms with Crippen molar-refractivity contribution in [1.82, 2.24) is 0 Å². The first-order valence-electron chi connectivity index (χ1n) is 18.4. The second kappa shape index (κ2) is 13.4. The van der Waals surface area contributed by atoms with E-state index in [-0.39, 0.29) is 0 Å². The lowest BCUT2D eigenvalue weighted by Crippen LogP contribution is -2.13. The molecule has 0 amide bonds. The Labute approximate surface area is 314 Å². The van der Waals surface area contributed by atoms with Crippen LogP contribution < -0.4 is 4.90 Å². The Bertz CT molecular complexity index is 2930. The molecular weight excluding hydrogens is 655 g/mol. The third-order valence-electron chi connectivity index (χ3n) is 10.5. The van der Waals surface area contributed by atoms with Crippen LogP contribution in [0.2, 0.25) is 0 Å². The van der Waals surface area contributed by atoms with E-state index in [9.17, 15) is 0 Å². The summed E-state index contributed by atoms with van der Waals surface area (Å²) in [6.07, 6.45) is 0. The number of fused-ring (bicyclic) bond motifs is 5. The molecule has 0 bridgehead atoms. The van der Waals surface area contributed by atoms with Crippen LogP contribution in [0.1, 0.15) is 0 Å². The van der Waals surface area contributed by atoms with Crippen LogP contribution in [0, 0.1) is 0 Å². The fourth-order valence-corrected chi connectivity index (χ4v) is 7.94. The third-order valence-corrected chi connectivity index (χ3v) is 10.5. The van der Waals surface area contributed by atoms with Crippen LogP contribution in [0.4, 0.5) is 17.1 Å². The van der Waals surface area contributed by atoms with Crippen LogP contribution in [-0.4, -0.2) is 0 Å². The van der Waals surface area contributed by atoms with Crippen LogP contribution in [0.15, 0.2) is 217 Å². The Morgan fingerprint density at radius 3 is 1.54 bits per heavy atom. The van der Waals surface area contributed by atoms with Crippen molar-refractivity contribution in [2.75, 3.05) is 4.90 Å². The minimum atomic E-state index is 0.885. The predicted octanol–water partition coefficient (Wildman–Crippen LogP) is 14.9. The van der Waals surface area contributed by atoms with E-state index in [0.29, 0.717) is 0 Å². The van der Waals surface area contributed by atoms with Crippen LogP contribution in [0.3, 0.4) is 0 Å². The molecule has 0 unspecified atom stereocenters. The van der Waals surface area contributed by atoms with Gasteiger partial charge in [-0.15, -0.1) is 0 Å². The van der Waals surface area contributed by atoms with Gasteiger partial charge in [-0.1, -0.05) is 182 Å². The average molecular weight is 690 g/mol. The van der Waals surface area contributed by atoms with Gasteiger partial charge in [0.05, 0.1) is 17.1 Å². The third kappa shape index (κ3) is 5.44. The molecule has 9 aromatic carbocycles. The van der Waals surface area contributed by atoms with E-state index in [2.05, 4.69) is 217 Å². The van der Waals surface area contributed by atoms with Gasteiger partial charge >= 0.3 is 0 Å². The number of furan rings is 1. The van der Waals surface area contributed by atoms with Crippen molar-refractivity contribution < 1.29 is 4.42 Å². The maximum absolute atomic E-state index is 6.93. The van der Waals surface area contributed by atoms with Gasteiger partial charge in [-0.25, -0.2) is 0 Å². The molecular formula is C52H35NO. The SMILES string of the molecule is c1ccc(-c2ccc(N(c3ccccc3-c3ccccc3)c3ccccc3-c3cccc4c3oc3c5ccccc5ccc43)c(-c3ccccc3)c2)cc1. The molecule has 10 aromatic rings. The van der Waals surface area contributed by atoms with Crippen molar-refractivity contribution >= 4 is 49.8 Å². The first kappa shape index (κ1) is 31.6. The van der Waals surface area contributed by atoms with E-state index in [0.717, 1.165) is 77.8 Å². The number of hydrogen-bond donors (Lipinski definition) is 0. The second-order valence-corrected chi connectivity index (χ2v) is 13.6. The number of hydrogen-bond acceptors (Lipinski definition) is 2. The zero-order valence-corrected chi connectivity index (χ0v) is 29.6. The number of nitrogens with zero attached hydrogens (tertiary/aromatic N) is 1. The Hall–Kier alpha value is -7.16. The molecule has 2 heteroatoms. The first-order chi connectivity index (χ1) is 26.8. The van der Waals surface area contributed by atoms with Gasteiger partial charge in [0.25, 0.3) is 0 Å². The zero-order chi connectivity index (χ0) is 35.8. The summed E-state index contributed by atoms with van der Waals surface area (Å²) in [4.78, 5) is 2.45. The Morgan fingerprint density at radius 2 is 0.796 bits per heavy atom. The fourth-order valence-electron chi connectivity index (χ4n) is 7.94. The van der Waals surface area contributed by atoms with Gasteiger partial charge in [0.1, 0.15) is 11.2 Å². The maximum atomic E-state index is 6.93. The van der Waals surface area contributed by atoms with E-state index in [1.54, 1.807) is 0 Å². The summed E-state index contributed by atoms with van der Waals surface area (Å²) in [5.41, 5.74) is 14.1. The van der Waals surface area contributed by atoms with Gasteiger partial charge in [0, 0.05) is 38.4 Å². The molecule has 0 aliphatic heterocycles. The average Bonchev–Trinajstić information content (AvgIpc) is 3.65. The summed E-state index contributed by atoms with van der Waals surface area (Å²) < 4.78 is 6.93. The maximum Gasteiger partial charge on any atom is 0.143 e. The van der Waals surface area contributed by atoms with E-state index in [1.165, 1.54) is 16.5 Å². The summed E-state index contributed by atoms with van der Waals surface area (Å²) in [5.74, 6) is 0. The molecule has 0 saturated carbocycles. The minimum Gasteiger partial charge on any atom is -0.455 e. The normalized spacial score (nSPS) is 11.3. The van der Waals surface area contributed by atoms with E-state index >= 15 is 0 Å². The highest BCUT2D eigenvalue weighted by Crippen LogP contribution is 2.49. The smallest absolute Gasteiger partial charge is 0.143 e. The van der Waals surface area contributed by atoms with Crippen molar-refractivity contribution in [2.45, 2.75) is 0 Å². The Kier molecular flexibility index (Phi) is 7.85. The van der Waals surface area contributed by atoms with E-state index in [4.69, 9.17) is 4.42 Å². The van der Waals surface area contributed by atoms with Crippen molar-refractivity contribution in [3.8, 4) is 44.5 Å². The van der Waals surface area contributed by atoms with Gasteiger partial charge in [-0.3, -0.25) is 0 Å². The molecule has 0 fully saturated rings. The molecule has 10 rings (SSSR count). The number of anilines is 3. The summed E-state index contributed by atoms with van der Waals surface area (Å²) in [7, 11) is 0. The molecule has 0 radical (unpaired) electrons. The van der Waals surface area contributed by atoms with Gasteiger partial charge in [0.15, 0.2) is 0 Å². The van der Waals surface area contributed by atoms with Gasteiger partial charge in [-0.05, 0) is 58.0 Å². The standard InChI is InChI=1S/C52H35NO/c1-4-17-36(18-5-1)40-32-34-50(47(35-40)38-21-8-3-9-22-38)53(48-29-14-12-24-41(48)37-19-6-2-7-20-37)49-30-15-13-26-43(49)44-27-16-28-45-46-33-31-39-23-10-11-25-42(39)51(46)54-52(44)45/h1-35H. The first-order valence-corrected chi connectivity index (χ1v) is 18.4. The molecule has 2 nitrogen and oxygen atoms in total. The molecule has 0 spiro atoms. The molecule has 254 valence electrons. The molecule has 1 heterocycles. The lowest BCUT2D eigenvalue weighted by atomic mass is 9.94. The highest BCUT2D eigenvalue weighted by Gasteiger charge is 2.25.